The normalized spacial score (nSPS) is 11.4. The number of guanidine groups is 1. The van der Waals surface area contributed by atoms with Crippen molar-refractivity contribution in [3.63, 3.8) is 0 Å². The number of anilines is 1. The van der Waals surface area contributed by atoms with Crippen molar-refractivity contribution in [2.45, 2.75) is 39.5 Å². The van der Waals surface area contributed by atoms with Gasteiger partial charge in [0.15, 0.2) is 5.96 Å². The largest absolute Gasteiger partial charge is 0.379 e. The lowest BCUT2D eigenvalue weighted by Gasteiger charge is -2.11. The molecule has 0 saturated carbocycles. The fraction of sp³-hybridized carbons (Fsp3) is 0.700. The van der Waals surface area contributed by atoms with E-state index in [9.17, 15) is 0 Å². The number of unbranched alkanes of at least 4 members (excludes halogenated alkanes) is 2. The van der Waals surface area contributed by atoms with Crippen LogP contribution in [0.3, 0.4) is 0 Å². The van der Waals surface area contributed by atoms with E-state index >= 15 is 0 Å². The molecule has 0 saturated heterocycles. The van der Waals surface area contributed by atoms with Gasteiger partial charge in [0.1, 0.15) is 5.82 Å². The molecule has 1 rings (SSSR count). The Morgan fingerprint density at radius 1 is 0.963 bits per heavy atom. The van der Waals surface area contributed by atoms with Crippen molar-refractivity contribution >= 4 is 11.8 Å². The molecule has 154 valence electrons. The van der Waals surface area contributed by atoms with Crippen molar-refractivity contribution in [1.29, 1.82) is 0 Å². The van der Waals surface area contributed by atoms with Crippen LogP contribution in [0.5, 0.6) is 0 Å². The SMILES string of the molecule is CCCCOCCOCCNC(=NCCCCNc1ccccn1)NCC. The first-order chi connectivity index (χ1) is 13.4. The summed E-state index contributed by atoms with van der Waals surface area (Å²) >= 11 is 0. The predicted octanol–water partition coefficient (Wildman–Crippen LogP) is 2.66. The lowest BCUT2D eigenvalue weighted by molar-refractivity contribution is 0.0487. The topological polar surface area (TPSA) is 79.8 Å². The third-order valence-electron chi connectivity index (χ3n) is 3.72. The van der Waals surface area contributed by atoms with Crippen molar-refractivity contribution < 1.29 is 9.47 Å². The predicted molar refractivity (Wildman–Crippen MR) is 112 cm³/mol. The number of ether oxygens (including phenoxy) is 2. The fourth-order valence-corrected chi connectivity index (χ4v) is 2.26. The smallest absolute Gasteiger partial charge is 0.191 e. The summed E-state index contributed by atoms with van der Waals surface area (Å²) in [4.78, 5) is 8.84. The molecule has 1 heterocycles. The summed E-state index contributed by atoms with van der Waals surface area (Å²) < 4.78 is 11.0. The maximum atomic E-state index is 5.56. The van der Waals surface area contributed by atoms with Gasteiger partial charge in [-0.3, -0.25) is 4.99 Å². The average molecular weight is 380 g/mol. The molecule has 0 amide bonds. The molecule has 3 N–H and O–H groups in total. The number of hydrogen-bond donors (Lipinski definition) is 3. The summed E-state index contributed by atoms with van der Waals surface area (Å²) in [7, 11) is 0. The number of nitrogens with zero attached hydrogens (tertiary/aromatic N) is 2. The van der Waals surface area contributed by atoms with Gasteiger partial charge in [-0.25, -0.2) is 4.98 Å². The monoisotopic (exact) mass is 379 g/mol. The van der Waals surface area contributed by atoms with Crippen molar-refractivity contribution in [2.24, 2.45) is 4.99 Å². The van der Waals surface area contributed by atoms with Gasteiger partial charge in [-0.15, -0.1) is 0 Å². The van der Waals surface area contributed by atoms with Crippen molar-refractivity contribution in [1.82, 2.24) is 15.6 Å². The Morgan fingerprint density at radius 2 is 1.81 bits per heavy atom. The van der Waals surface area contributed by atoms with Crippen molar-refractivity contribution in [3.8, 4) is 0 Å². The molecule has 7 heteroatoms. The van der Waals surface area contributed by atoms with Gasteiger partial charge >= 0.3 is 0 Å². The van der Waals surface area contributed by atoms with Crippen molar-refractivity contribution in [3.05, 3.63) is 24.4 Å². The standard InChI is InChI=1S/C20H37N5O2/c1-3-5-15-26-17-18-27-16-14-25-20(21-4-2)24-13-9-8-12-23-19-10-6-7-11-22-19/h6-7,10-11H,3-5,8-9,12-18H2,1-2H3,(H,22,23)(H2,21,24,25). The number of hydrogen-bond acceptors (Lipinski definition) is 5. The van der Waals surface area contributed by atoms with Crippen LogP contribution in [0.15, 0.2) is 29.4 Å². The van der Waals surface area contributed by atoms with E-state index in [2.05, 4.69) is 39.8 Å². The summed E-state index contributed by atoms with van der Waals surface area (Å²) in [6.45, 7) is 10.3. The first-order valence-corrected chi connectivity index (χ1v) is 10.2. The molecule has 0 fully saturated rings. The highest BCUT2D eigenvalue weighted by Crippen LogP contribution is 2.00. The maximum Gasteiger partial charge on any atom is 0.191 e. The lowest BCUT2D eigenvalue weighted by Crippen LogP contribution is -2.39. The Bertz CT molecular complexity index is 471. The second-order valence-corrected chi connectivity index (χ2v) is 6.11. The van der Waals surface area contributed by atoms with Crippen LogP contribution in [0, 0.1) is 0 Å². The van der Waals surface area contributed by atoms with E-state index in [-0.39, 0.29) is 0 Å². The Balaban J connectivity index is 2.02. The van der Waals surface area contributed by atoms with Crippen LogP contribution in [-0.2, 0) is 9.47 Å². The average Bonchev–Trinajstić information content (AvgIpc) is 2.70. The molecule has 0 radical (unpaired) electrons. The first-order valence-electron chi connectivity index (χ1n) is 10.2. The molecular formula is C20H37N5O2. The van der Waals surface area contributed by atoms with Crippen LogP contribution in [0.2, 0.25) is 0 Å². The number of aliphatic imine (C=N–C) groups is 1. The number of nitrogens with one attached hydrogen (secondary N) is 3. The third kappa shape index (κ3) is 13.9. The van der Waals surface area contributed by atoms with E-state index in [0.29, 0.717) is 19.8 Å². The zero-order valence-electron chi connectivity index (χ0n) is 17.0. The summed E-state index contributed by atoms with van der Waals surface area (Å²) in [5.41, 5.74) is 0. The van der Waals surface area contributed by atoms with E-state index in [1.807, 2.05) is 18.2 Å². The quantitative estimate of drug-likeness (QED) is 0.233. The van der Waals surface area contributed by atoms with E-state index in [1.54, 1.807) is 6.20 Å². The molecule has 0 unspecified atom stereocenters. The summed E-state index contributed by atoms with van der Waals surface area (Å²) in [5.74, 6) is 1.77. The molecule has 1 aromatic rings. The highest BCUT2D eigenvalue weighted by Gasteiger charge is 1.97. The molecular weight excluding hydrogens is 342 g/mol. The Kier molecular flexibility index (Phi) is 15.1. The van der Waals surface area contributed by atoms with Crippen LogP contribution in [0.1, 0.15) is 39.5 Å². The molecule has 0 aliphatic carbocycles. The van der Waals surface area contributed by atoms with Gasteiger partial charge in [0.25, 0.3) is 0 Å². The molecule has 7 nitrogen and oxygen atoms in total. The molecule has 0 spiro atoms. The summed E-state index contributed by atoms with van der Waals surface area (Å²) in [6.07, 6.45) is 6.16. The highest BCUT2D eigenvalue weighted by atomic mass is 16.5. The van der Waals surface area contributed by atoms with E-state index in [1.165, 1.54) is 0 Å². The Morgan fingerprint density at radius 3 is 2.56 bits per heavy atom. The van der Waals surface area contributed by atoms with Crippen LogP contribution >= 0.6 is 0 Å². The minimum absolute atomic E-state index is 0.641. The second-order valence-electron chi connectivity index (χ2n) is 6.11. The number of rotatable bonds is 16. The molecule has 27 heavy (non-hydrogen) atoms. The van der Waals surface area contributed by atoms with E-state index in [4.69, 9.17) is 9.47 Å². The number of pyridine rings is 1. The van der Waals surface area contributed by atoms with Gasteiger partial charge in [-0.2, -0.15) is 0 Å². The van der Waals surface area contributed by atoms with Gasteiger partial charge in [0.05, 0.1) is 19.8 Å². The van der Waals surface area contributed by atoms with E-state index < -0.39 is 0 Å². The third-order valence-corrected chi connectivity index (χ3v) is 3.72. The first kappa shape index (κ1) is 23.2. The summed E-state index contributed by atoms with van der Waals surface area (Å²) in [5, 5.41) is 9.86. The maximum absolute atomic E-state index is 5.56. The molecule has 0 aliphatic rings. The fourth-order valence-electron chi connectivity index (χ4n) is 2.26. The minimum atomic E-state index is 0.641. The zero-order valence-corrected chi connectivity index (χ0v) is 17.0. The van der Waals surface area contributed by atoms with Gasteiger partial charge in [0.2, 0.25) is 0 Å². The van der Waals surface area contributed by atoms with E-state index in [0.717, 1.165) is 70.2 Å². The highest BCUT2D eigenvalue weighted by molar-refractivity contribution is 5.79. The van der Waals surface area contributed by atoms with Crippen LogP contribution in [-0.4, -0.2) is 63.6 Å². The van der Waals surface area contributed by atoms with Gasteiger partial charge in [-0.1, -0.05) is 19.4 Å². The Hall–Kier alpha value is -1.86. The number of aromatic nitrogens is 1. The lowest BCUT2D eigenvalue weighted by atomic mass is 10.3. The van der Waals surface area contributed by atoms with Crippen LogP contribution < -0.4 is 16.0 Å². The molecule has 1 aromatic heterocycles. The molecule has 0 aliphatic heterocycles. The minimum Gasteiger partial charge on any atom is -0.379 e. The molecule has 0 bridgehead atoms. The van der Waals surface area contributed by atoms with Gasteiger partial charge in [-0.05, 0) is 38.3 Å². The van der Waals surface area contributed by atoms with Crippen molar-refractivity contribution in [2.75, 3.05) is 57.9 Å². The zero-order chi connectivity index (χ0) is 19.4. The van der Waals surface area contributed by atoms with Crippen LogP contribution in [0.25, 0.3) is 0 Å². The second kappa shape index (κ2) is 17.5. The van der Waals surface area contributed by atoms with Crippen LogP contribution in [0.4, 0.5) is 5.82 Å². The Labute approximate surface area is 164 Å². The van der Waals surface area contributed by atoms with Gasteiger partial charge in [0, 0.05) is 39.0 Å². The summed E-state index contributed by atoms with van der Waals surface area (Å²) in [6, 6.07) is 5.88. The van der Waals surface area contributed by atoms with Gasteiger partial charge < -0.3 is 25.4 Å². The molecule has 0 atom stereocenters. The molecule has 0 aromatic carbocycles.